The van der Waals surface area contributed by atoms with E-state index in [1.807, 2.05) is 0 Å². The predicted molar refractivity (Wildman–Crippen MR) is 74.5 cm³/mol. The molecule has 0 amide bonds. The molecule has 96 valence electrons. The number of fused-ring (bicyclic) bond motifs is 2. The molecule has 0 N–H and O–H groups in total. The van der Waals surface area contributed by atoms with Crippen LogP contribution >= 0.6 is 11.5 Å². The maximum absolute atomic E-state index is 4.35. The first-order chi connectivity index (χ1) is 8.39. The number of hydrogen-bond donors (Lipinski definition) is 0. The molecule has 1 aromatic rings. The third kappa shape index (κ3) is 0.953. The van der Waals surface area contributed by atoms with Crippen molar-refractivity contribution >= 4 is 17.6 Å². The minimum Gasteiger partial charge on any atom is -0.138 e. The van der Waals surface area contributed by atoms with E-state index in [1.165, 1.54) is 24.1 Å². The zero-order valence-corrected chi connectivity index (χ0v) is 12.4. The van der Waals surface area contributed by atoms with Gasteiger partial charge in [-0.2, -0.15) is 0 Å². The van der Waals surface area contributed by atoms with Gasteiger partial charge in [0, 0.05) is 10.8 Å². The maximum atomic E-state index is 4.35. The van der Waals surface area contributed by atoms with Gasteiger partial charge in [-0.05, 0) is 48.2 Å². The molecule has 0 radical (unpaired) electrons. The van der Waals surface area contributed by atoms with Crippen molar-refractivity contribution in [2.75, 3.05) is 0 Å². The Morgan fingerprint density at radius 1 is 1.28 bits per heavy atom. The van der Waals surface area contributed by atoms with E-state index in [4.69, 9.17) is 0 Å². The van der Waals surface area contributed by atoms with Crippen LogP contribution in [0, 0.1) is 16.7 Å². The standard InChI is InChI=1S/C15H20N2S/c1-13(2)9-5-6-15(8-9)11(13)7-10-12(14(15,3)4)18-17-16-10/h7,9H,5-6,8H2,1-4H3. The van der Waals surface area contributed by atoms with Crippen LogP contribution in [0.15, 0.2) is 5.57 Å². The van der Waals surface area contributed by atoms with Gasteiger partial charge in [-0.1, -0.05) is 37.8 Å². The molecule has 2 nitrogen and oxygen atoms in total. The summed E-state index contributed by atoms with van der Waals surface area (Å²) < 4.78 is 4.20. The van der Waals surface area contributed by atoms with Crippen LogP contribution in [0.2, 0.25) is 0 Å². The fourth-order valence-electron chi connectivity index (χ4n) is 5.05. The lowest BCUT2D eigenvalue weighted by molar-refractivity contribution is 0.189. The first-order valence-corrected chi connectivity index (χ1v) is 7.72. The van der Waals surface area contributed by atoms with E-state index in [2.05, 4.69) is 43.4 Å². The molecule has 2 fully saturated rings. The molecule has 2 saturated carbocycles. The van der Waals surface area contributed by atoms with Crippen molar-refractivity contribution in [3.63, 3.8) is 0 Å². The summed E-state index contributed by atoms with van der Waals surface area (Å²) in [7, 11) is 0. The molecule has 2 unspecified atom stereocenters. The third-order valence-corrected chi connectivity index (χ3v) is 7.37. The highest BCUT2D eigenvalue weighted by Gasteiger charge is 2.65. The maximum Gasteiger partial charge on any atom is 0.102 e. The molecule has 3 aliphatic rings. The molecule has 1 heterocycles. The van der Waals surface area contributed by atoms with Crippen LogP contribution in [0.3, 0.4) is 0 Å². The first kappa shape index (κ1) is 11.2. The summed E-state index contributed by atoms with van der Waals surface area (Å²) >= 11 is 1.61. The van der Waals surface area contributed by atoms with Crippen molar-refractivity contribution in [3.8, 4) is 0 Å². The molecule has 0 aliphatic heterocycles. The number of nitrogens with zero attached hydrogens (tertiary/aromatic N) is 2. The van der Waals surface area contributed by atoms with Crippen molar-refractivity contribution in [2.45, 2.75) is 52.4 Å². The Bertz CT molecular complexity index is 567. The smallest absolute Gasteiger partial charge is 0.102 e. The van der Waals surface area contributed by atoms with Gasteiger partial charge >= 0.3 is 0 Å². The zero-order chi connectivity index (χ0) is 12.8. The molecular weight excluding hydrogens is 240 g/mol. The summed E-state index contributed by atoms with van der Waals surface area (Å²) in [5.41, 5.74) is 3.77. The molecule has 2 bridgehead atoms. The summed E-state index contributed by atoms with van der Waals surface area (Å²) in [4.78, 5) is 1.41. The average Bonchev–Trinajstić information content (AvgIpc) is 2.95. The van der Waals surface area contributed by atoms with Crippen LogP contribution in [-0.4, -0.2) is 9.59 Å². The Kier molecular flexibility index (Phi) is 1.79. The van der Waals surface area contributed by atoms with E-state index in [0.29, 0.717) is 10.8 Å². The van der Waals surface area contributed by atoms with Gasteiger partial charge in [0.15, 0.2) is 0 Å². The summed E-state index contributed by atoms with van der Waals surface area (Å²) in [5.74, 6) is 0.866. The van der Waals surface area contributed by atoms with Crippen LogP contribution in [0.5, 0.6) is 0 Å². The Hall–Kier alpha value is -0.700. The molecule has 0 saturated heterocycles. The molecule has 3 aliphatic carbocycles. The van der Waals surface area contributed by atoms with Crippen molar-refractivity contribution < 1.29 is 0 Å². The predicted octanol–water partition coefficient (Wildman–Crippen LogP) is 4.04. The number of hydrogen-bond acceptors (Lipinski definition) is 3. The Morgan fingerprint density at radius 2 is 2.06 bits per heavy atom. The monoisotopic (exact) mass is 260 g/mol. The molecular formula is C15H20N2S. The van der Waals surface area contributed by atoms with Gasteiger partial charge in [0.2, 0.25) is 0 Å². The van der Waals surface area contributed by atoms with Gasteiger partial charge in [0.25, 0.3) is 0 Å². The zero-order valence-electron chi connectivity index (χ0n) is 11.6. The Balaban J connectivity index is 2.04. The third-order valence-electron chi connectivity index (χ3n) is 6.30. The van der Waals surface area contributed by atoms with Gasteiger partial charge < -0.3 is 0 Å². The van der Waals surface area contributed by atoms with Gasteiger partial charge in [-0.3, -0.25) is 0 Å². The van der Waals surface area contributed by atoms with Gasteiger partial charge in [-0.15, -0.1) is 5.10 Å². The summed E-state index contributed by atoms with van der Waals surface area (Å²) in [5, 5.41) is 4.35. The summed E-state index contributed by atoms with van der Waals surface area (Å²) in [6.45, 7) is 9.71. The molecule has 3 heteroatoms. The highest BCUT2D eigenvalue weighted by Crippen LogP contribution is 2.73. The average molecular weight is 260 g/mol. The second-order valence-electron chi connectivity index (χ2n) is 7.41. The van der Waals surface area contributed by atoms with Crippen LogP contribution in [0.4, 0.5) is 0 Å². The normalized spacial score (nSPS) is 38.2. The van der Waals surface area contributed by atoms with E-state index in [9.17, 15) is 0 Å². The van der Waals surface area contributed by atoms with Crippen molar-refractivity contribution in [1.82, 2.24) is 9.59 Å². The first-order valence-electron chi connectivity index (χ1n) is 6.95. The van der Waals surface area contributed by atoms with Gasteiger partial charge in [0.05, 0.1) is 4.88 Å². The fourth-order valence-corrected chi connectivity index (χ4v) is 5.88. The molecule has 2 atom stereocenters. The van der Waals surface area contributed by atoms with Crippen molar-refractivity contribution in [3.05, 3.63) is 16.1 Å². The van der Waals surface area contributed by atoms with Crippen molar-refractivity contribution in [1.29, 1.82) is 0 Å². The highest BCUT2D eigenvalue weighted by atomic mass is 32.1. The van der Waals surface area contributed by atoms with Gasteiger partial charge in [0.1, 0.15) is 5.69 Å². The molecule has 4 rings (SSSR count). The molecule has 18 heavy (non-hydrogen) atoms. The van der Waals surface area contributed by atoms with E-state index in [1.54, 1.807) is 17.1 Å². The lowest BCUT2D eigenvalue weighted by Gasteiger charge is -2.50. The molecule has 1 aromatic heterocycles. The largest absolute Gasteiger partial charge is 0.138 e. The van der Waals surface area contributed by atoms with E-state index in [0.717, 1.165) is 11.6 Å². The second-order valence-corrected chi connectivity index (χ2v) is 8.17. The molecule has 1 spiro atoms. The molecule has 0 aromatic carbocycles. The van der Waals surface area contributed by atoms with Crippen molar-refractivity contribution in [2.24, 2.45) is 16.7 Å². The van der Waals surface area contributed by atoms with Crippen LogP contribution in [0.1, 0.15) is 57.5 Å². The lowest BCUT2D eigenvalue weighted by Crippen LogP contribution is -2.44. The summed E-state index contributed by atoms with van der Waals surface area (Å²) in [6, 6.07) is 0. The minimum absolute atomic E-state index is 0.211. The Labute approximate surface area is 113 Å². The van der Waals surface area contributed by atoms with E-state index >= 15 is 0 Å². The highest BCUT2D eigenvalue weighted by molar-refractivity contribution is 7.06. The fraction of sp³-hybridized carbons (Fsp3) is 0.733. The van der Waals surface area contributed by atoms with E-state index < -0.39 is 0 Å². The van der Waals surface area contributed by atoms with Crippen LogP contribution in [0.25, 0.3) is 6.08 Å². The number of allylic oxidation sites excluding steroid dienone is 1. The van der Waals surface area contributed by atoms with E-state index in [-0.39, 0.29) is 5.41 Å². The second kappa shape index (κ2) is 2.90. The quantitative estimate of drug-likeness (QED) is 0.703. The number of rotatable bonds is 0. The van der Waals surface area contributed by atoms with Crippen LogP contribution in [-0.2, 0) is 5.41 Å². The minimum atomic E-state index is 0.211. The summed E-state index contributed by atoms with van der Waals surface area (Å²) in [6.07, 6.45) is 6.51. The van der Waals surface area contributed by atoms with Gasteiger partial charge in [-0.25, -0.2) is 0 Å². The Morgan fingerprint density at radius 3 is 2.83 bits per heavy atom. The lowest BCUT2D eigenvalue weighted by atomic mass is 9.54. The SMILES string of the molecule is CC1(C)C2=Cc3nnsc3C(C)(C)C23CCC1C3. The van der Waals surface area contributed by atoms with Crippen LogP contribution < -0.4 is 0 Å². The topological polar surface area (TPSA) is 25.8 Å². The number of aromatic nitrogens is 2.